The van der Waals surface area contributed by atoms with Gasteiger partial charge in [0.2, 0.25) is 0 Å². The van der Waals surface area contributed by atoms with Gasteiger partial charge in [-0.15, -0.1) is 11.8 Å². The van der Waals surface area contributed by atoms with Crippen molar-refractivity contribution < 1.29 is 14.3 Å². The summed E-state index contributed by atoms with van der Waals surface area (Å²) in [6, 6.07) is 8.28. The molecule has 0 aliphatic rings. The van der Waals surface area contributed by atoms with Crippen LogP contribution in [0.3, 0.4) is 0 Å². The third-order valence-corrected chi connectivity index (χ3v) is 4.75. The Balaban J connectivity index is 1.91. The maximum Gasteiger partial charge on any atom is 0.339 e. The average Bonchev–Trinajstić information content (AvgIpc) is 2.87. The van der Waals surface area contributed by atoms with E-state index in [-0.39, 0.29) is 5.91 Å². The summed E-state index contributed by atoms with van der Waals surface area (Å²) in [5, 5.41) is 2.88. The number of thioether (sulfide) groups is 1. The minimum Gasteiger partial charge on any atom is -0.465 e. The Morgan fingerprint density at radius 2 is 1.83 bits per heavy atom. The molecule has 0 aliphatic carbocycles. The second-order valence-corrected chi connectivity index (χ2v) is 6.70. The van der Waals surface area contributed by atoms with E-state index in [1.165, 1.54) is 17.6 Å². The summed E-state index contributed by atoms with van der Waals surface area (Å²) < 4.78 is 4.75. The molecule has 1 aromatic heterocycles. The lowest BCUT2D eigenvalue weighted by Crippen LogP contribution is -2.26. The number of rotatable bonds is 6. The Morgan fingerprint density at radius 1 is 1.17 bits per heavy atom. The summed E-state index contributed by atoms with van der Waals surface area (Å²) in [7, 11) is 1.33. The van der Waals surface area contributed by atoms with E-state index in [1.807, 2.05) is 0 Å². The Hall–Kier alpha value is -2.21. The predicted octanol–water partition coefficient (Wildman–Crippen LogP) is 3.25. The van der Waals surface area contributed by atoms with Gasteiger partial charge in [-0.25, -0.2) is 4.79 Å². The van der Waals surface area contributed by atoms with Crippen LogP contribution in [-0.4, -0.2) is 36.3 Å². The predicted molar refractivity (Wildman–Crippen MR) is 95.8 cm³/mol. The SMILES string of the molecule is COC(=O)c1c(C)[nH]c(C(=O)NCCSc2ccc(C)cc2)c1C. The maximum atomic E-state index is 12.3. The molecule has 24 heavy (non-hydrogen) atoms. The zero-order valence-electron chi connectivity index (χ0n) is 14.4. The summed E-state index contributed by atoms with van der Waals surface area (Å²) in [4.78, 5) is 28.2. The van der Waals surface area contributed by atoms with Gasteiger partial charge in [0.25, 0.3) is 5.91 Å². The minimum atomic E-state index is -0.435. The number of hydrogen-bond acceptors (Lipinski definition) is 4. The Bertz CT molecular complexity index is 735. The van der Waals surface area contributed by atoms with E-state index in [1.54, 1.807) is 25.6 Å². The molecule has 0 fully saturated rings. The van der Waals surface area contributed by atoms with Gasteiger partial charge < -0.3 is 15.0 Å². The number of benzene rings is 1. The number of aromatic amines is 1. The van der Waals surface area contributed by atoms with Gasteiger partial charge in [0, 0.05) is 22.9 Å². The molecule has 0 aliphatic heterocycles. The largest absolute Gasteiger partial charge is 0.465 e. The molecule has 128 valence electrons. The van der Waals surface area contributed by atoms with Crippen LogP contribution in [0.1, 0.15) is 37.7 Å². The maximum absolute atomic E-state index is 12.3. The number of amides is 1. The Morgan fingerprint density at radius 3 is 2.46 bits per heavy atom. The van der Waals surface area contributed by atoms with Crippen LogP contribution >= 0.6 is 11.8 Å². The molecular weight excluding hydrogens is 324 g/mol. The summed E-state index contributed by atoms with van der Waals surface area (Å²) >= 11 is 1.69. The van der Waals surface area contributed by atoms with Gasteiger partial charge in [0.15, 0.2) is 0 Å². The van der Waals surface area contributed by atoms with Crippen molar-refractivity contribution in [1.29, 1.82) is 0 Å². The molecule has 0 radical (unpaired) electrons. The van der Waals surface area contributed by atoms with Crippen molar-refractivity contribution >= 4 is 23.6 Å². The van der Waals surface area contributed by atoms with Crippen LogP contribution in [0.2, 0.25) is 0 Å². The fourth-order valence-electron chi connectivity index (χ4n) is 2.44. The van der Waals surface area contributed by atoms with Crippen molar-refractivity contribution in [3.8, 4) is 0 Å². The lowest BCUT2D eigenvalue weighted by atomic mass is 10.1. The van der Waals surface area contributed by atoms with Crippen LogP contribution < -0.4 is 5.32 Å². The standard InChI is InChI=1S/C18H22N2O3S/c1-11-5-7-14(8-6-11)24-10-9-19-17(21)16-12(2)15(13(3)20-16)18(22)23-4/h5-8,20H,9-10H2,1-4H3,(H,19,21). The number of carbonyl (C=O) groups is 2. The van der Waals surface area contributed by atoms with E-state index in [9.17, 15) is 9.59 Å². The molecule has 0 bridgehead atoms. The number of nitrogens with one attached hydrogen (secondary N) is 2. The van der Waals surface area contributed by atoms with Crippen LogP contribution in [0.4, 0.5) is 0 Å². The summed E-state index contributed by atoms with van der Waals surface area (Å²) in [5.41, 5.74) is 3.32. The number of aromatic nitrogens is 1. The third kappa shape index (κ3) is 4.20. The van der Waals surface area contributed by atoms with Gasteiger partial charge in [-0.3, -0.25) is 4.79 Å². The quantitative estimate of drug-likeness (QED) is 0.478. The molecule has 0 atom stereocenters. The first-order valence-corrected chi connectivity index (χ1v) is 8.67. The molecule has 0 saturated heterocycles. The van der Waals surface area contributed by atoms with Crippen LogP contribution in [0, 0.1) is 20.8 Å². The second kappa shape index (κ2) is 8.06. The van der Waals surface area contributed by atoms with Crippen LogP contribution in [0.25, 0.3) is 0 Å². The number of methoxy groups -OCH3 is 1. The molecule has 2 rings (SSSR count). The highest BCUT2D eigenvalue weighted by atomic mass is 32.2. The molecule has 0 unspecified atom stereocenters. The van der Waals surface area contributed by atoms with Crippen LogP contribution in [0.15, 0.2) is 29.2 Å². The zero-order chi connectivity index (χ0) is 17.7. The van der Waals surface area contributed by atoms with E-state index in [0.717, 1.165) is 5.75 Å². The first-order chi connectivity index (χ1) is 11.4. The minimum absolute atomic E-state index is 0.213. The molecule has 0 spiro atoms. The van der Waals surface area contributed by atoms with Crippen molar-refractivity contribution in [3.05, 3.63) is 52.3 Å². The van der Waals surface area contributed by atoms with Crippen molar-refractivity contribution in [3.63, 3.8) is 0 Å². The molecule has 6 heteroatoms. The Kier molecular flexibility index (Phi) is 6.09. The van der Waals surface area contributed by atoms with E-state index in [4.69, 9.17) is 4.74 Å². The Labute approximate surface area is 146 Å². The fraction of sp³-hybridized carbons (Fsp3) is 0.333. The normalized spacial score (nSPS) is 10.5. The molecule has 1 amide bonds. The lowest BCUT2D eigenvalue weighted by Gasteiger charge is -2.05. The second-order valence-electron chi connectivity index (χ2n) is 5.53. The highest BCUT2D eigenvalue weighted by molar-refractivity contribution is 7.99. The smallest absolute Gasteiger partial charge is 0.339 e. The molecular formula is C18H22N2O3S. The van der Waals surface area contributed by atoms with E-state index in [0.29, 0.717) is 29.1 Å². The van der Waals surface area contributed by atoms with E-state index >= 15 is 0 Å². The summed E-state index contributed by atoms with van der Waals surface area (Å²) in [6.45, 7) is 6.09. The van der Waals surface area contributed by atoms with Crippen LogP contribution in [-0.2, 0) is 4.74 Å². The van der Waals surface area contributed by atoms with Gasteiger partial charge in [0.1, 0.15) is 5.69 Å². The number of carbonyl (C=O) groups excluding carboxylic acids is 2. The van der Waals surface area contributed by atoms with Gasteiger partial charge in [-0.1, -0.05) is 17.7 Å². The van der Waals surface area contributed by atoms with Crippen molar-refractivity contribution in [1.82, 2.24) is 10.3 Å². The third-order valence-electron chi connectivity index (χ3n) is 3.73. The van der Waals surface area contributed by atoms with E-state index < -0.39 is 5.97 Å². The molecule has 2 aromatic rings. The van der Waals surface area contributed by atoms with Crippen molar-refractivity contribution in [2.24, 2.45) is 0 Å². The fourth-order valence-corrected chi connectivity index (χ4v) is 3.21. The number of esters is 1. The number of hydrogen-bond donors (Lipinski definition) is 2. The van der Waals surface area contributed by atoms with Gasteiger partial charge in [-0.2, -0.15) is 0 Å². The van der Waals surface area contributed by atoms with Gasteiger partial charge in [-0.05, 0) is 38.5 Å². The first kappa shape index (κ1) is 18.1. The van der Waals surface area contributed by atoms with Gasteiger partial charge >= 0.3 is 5.97 Å². The number of ether oxygens (including phenoxy) is 1. The van der Waals surface area contributed by atoms with Crippen molar-refractivity contribution in [2.75, 3.05) is 19.4 Å². The summed E-state index contributed by atoms with van der Waals surface area (Å²) in [5.74, 6) is 0.127. The summed E-state index contributed by atoms with van der Waals surface area (Å²) in [6.07, 6.45) is 0. The average molecular weight is 346 g/mol. The zero-order valence-corrected chi connectivity index (χ0v) is 15.2. The highest BCUT2D eigenvalue weighted by Crippen LogP contribution is 2.19. The molecule has 1 heterocycles. The number of aryl methyl sites for hydroxylation is 2. The molecule has 0 saturated carbocycles. The van der Waals surface area contributed by atoms with Crippen molar-refractivity contribution in [2.45, 2.75) is 25.7 Å². The molecule has 2 N–H and O–H groups in total. The molecule has 1 aromatic carbocycles. The lowest BCUT2D eigenvalue weighted by molar-refractivity contribution is 0.0599. The van der Waals surface area contributed by atoms with Gasteiger partial charge in [0.05, 0.1) is 12.7 Å². The molecule has 5 nitrogen and oxygen atoms in total. The topological polar surface area (TPSA) is 71.2 Å². The van der Waals surface area contributed by atoms with Crippen LogP contribution in [0.5, 0.6) is 0 Å². The van der Waals surface area contributed by atoms with E-state index in [2.05, 4.69) is 41.5 Å². The monoisotopic (exact) mass is 346 g/mol. The highest BCUT2D eigenvalue weighted by Gasteiger charge is 2.22. The number of H-pyrrole nitrogens is 1. The first-order valence-electron chi connectivity index (χ1n) is 7.69.